The highest BCUT2D eigenvalue weighted by Gasteiger charge is 2.26. The van der Waals surface area contributed by atoms with Gasteiger partial charge in [-0.3, -0.25) is 9.59 Å². The van der Waals surface area contributed by atoms with Gasteiger partial charge in [0.1, 0.15) is 0 Å². The summed E-state index contributed by atoms with van der Waals surface area (Å²) in [7, 11) is 0. The monoisotopic (exact) mass is 366 g/mol. The van der Waals surface area contributed by atoms with Crippen LogP contribution in [0, 0.1) is 0 Å². The number of halogens is 2. The van der Waals surface area contributed by atoms with Crippen molar-refractivity contribution in [1.82, 2.24) is 10.2 Å². The van der Waals surface area contributed by atoms with Crippen LogP contribution >= 0.6 is 23.2 Å². The first-order valence-electron chi connectivity index (χ1n) is 7.62. The minimum atomic E-state index is -0.213. The Kier molecular flexibility index (Phi) is 5.11. The van der Waals surface area contributed by atoms with Gasteiger partial charge in [0.05, 0.1) is 6.26 Å². The highest BCUT2D eigenvalue weighted by Crippen LogP contribution is 2.20. The fourth-order valence-electron chi connectivity index (χ4n) is 2.74. The van der Waals surface area contributed by atoms with E-state index in [0.717, 1.165) is 0 Å². The highest BCUT2D eigenvalue weighted by atomic mass is 35.5. The summed E-state index contributed by atoms with van der Waals surface area (Å²) in [4.78, 5) is 26.2. The number of carbonyl (C=O) groups excluding carboxylic acids is 2. The predicted molar refractivity (Wildman–Crippen MR) is 91.6 cm³/mol. The van der Waals surface area contributed by atoms with Crippen LogP contribution in [0.5, 0.6) is 0 Å². The molecule has 126 valence electrons. The van der Waals surface area contributed by atoms with Crippen molar-refractivity contribution in [2.45, 2.75) is 18.9 Å². The first-order valence-corrected chi connectivity index (χ1v) is 8.38. The summed E-state index contributed by atoms with van der Waals surface area (Å²) in [5, 5.41) is 3.81. The number of hydrogen-bond acceptors (Lipinski definition) is 3. The summed E-state index contributed by atoms with van der Waals surface area (Å²) >= 11 is 11.8. The number of hydrogen-bond donors (Lipinski definition) is 1. The van der Waals surface area contributed by atoms with Crippen LogP contribution in [0.1, 0.15) is 33.8 Å². The van der Waals surface area contributed by atoms with Crippen LogP contribution < -0.4 is 5.32 Å². The normalized spacial score (nSPS) is 15.3. The molecule has 5 nitrogen and oxygen atoms in total. The van der Waals surface area contributed by atoms with Crippen molar-refractivity contribution >= 4 is 35.0 Å². The molecule has 1 aliphatic rings. The van der Waals surface area contributed by atoms with Gasteiger partial charge in [0, 0.05) is 34.7 Å². The minimum absolute atomic E-state index is 0.0101. The zero-order valence-corrected chi connectivity index (χ0v) is 14.3. The smallest absolute Gasteiger partial charge is 0.289 e. The van der Waals surface area contributed by atoms with E-state index in [-0.39, 0.29) is 17.9 Å². The third kappa shape index (κ3) is 3.91. The molecule has 0 bridgehead atoms. The van der Waals surface area contributed by atoms with Gasteiger partial charge in [-0.1, -0.05) is 23.2 Å². The Balaban J connectivity index is 1.55. The molecular formula is C17H16Cl2N2O3. The molecule has 2 aromatic rings. The van der Waals surface area contributed by atoms with E-state index in [4.69, 9.17) is 27.6 Å². The maximum absolute atomic E-state index is 12.3. The van der Waals surface area contributed by atoms with Crippen molar-refractivity contribution in [3.05, 3.63) is 58.0 Å². The lowest BCUT2D eigenvalue weighted by Crippen LogP contribution is -2.46. The van der Waals surface area contributed by atoms with Gasteiger partial charge in [-0.25, -0.2) is 0 Å². The van der Waals surface area contributed by atoms with Crippen LogP contribution in [-0.4, -0.2) is 35.8 Å². The Morgan fingerprint density at radius 3 is 2.38 bits per heavy atom. The molecule has 2 heterocycles. The van der Waals surface area contributed by atoms with E-state index in [0.29, 0.717) is 47.3 Å². The number of rotatable bonds is 3. The van der Waals surface area contributed by atoms with Crippen LogP contribution in [0.2, 0.25) is 10.0 Å². The van der Waals surface area contributed by atoms with Crippen molar-refractivity contribution in [1.29, 1.82) is 0 Å². The molecule has 1 aliphatic heterocycles. The molecule has 1 aromatic carbocycles. The van der Waals surface area contributed by atoms with Gasteiger partial charge in [0.25, 0.3) is 11.8 Å². The van der Waals surface area contributed by atoms with E-state index in [9.17, 15) is 9.59 Å². The molecule has 0 radical (unpaired) electrons. The summed E-state index contributed by atoms with van der Waals surface area (Å²) in [6.07, 6.45) is 2.86. The number of furan rings is 1. The zero-order chi connectivity index (χ0) is 17.1. The van der Waals surface area contributed by atoms with Crippen LogP contribution in [0.25, 0.3) is 0 Å². The SMILES string of the molecule is O=C(NC1CCN(C(=O)c2ccco2)CC1)c1cc(Cl)cc(Cl)c1. The quantitative estimate of drug-likeness (QED) is 0.901. The van der Waals surface area contributed by atoms with E-state index in [1.807, 2.05) is 0 Å². The Labute approximate surface area is 149 Å². The number of likely N-dealkylation sites (tertiary alicyclic amines) is 1. The molecule has 1 aromatic heterocycles. The lowest BCUT2D eigenvalue weighted by Gasteiger charge is -2.31. The van der Waals surface area contributed by atoms with Gasteiger partial charge in [-0.15, -0.1) is 0 Å². The molecule has 1 saturated heterocycles. The van der Waals surface area contributed by atoms with Gasteiger partial charge >= 0.3 is 0 Å². The zero-order valence-electron chi connectivity index (χ0n) is 12.8. The van der Waals surface area contributed by atoms with Gasteiger partial charge < -0.3 is 14.6 Å². The largest absolute Gasteiger partial charge is 0.459 e. The lowest BCUT2D eigenvalue weighted by atomic mass is 10.0. The van der Waals surface area contributed by atoms with Crippen LogP contribution in [0.3, 0.4) is 0 Å². The number of amides is 2. The summed E-state index contributed by atoms with van der Waals surface area (Å²) in [6.45, 7) is 1.14. The molecule has 0 saturated carbocycles. The van der Waals surface area contributed by atoms with E-state index in [2.05, 4.69) is 5.32 Å². The maximum Gasteiger partial charge on any atom is 0.289 e. The first-order chi connectivity index (χ1) is 11.5. The van der Waals surface area contributed by atoms with Crippen molar-refractivity contribution in [3.8, 4) is 0 Å². The standard InChI is InChI=1S/C17H16Cl2N2O3/c18-12-8-11(9-13(19)10-12)16(22)20-14-3-5-21(6-4-14)17(23)15-2-1-7-24-15/h1-2,7-10,14H,3-6H2,(H,20,22). The van der Waals surface area contributed by atoms with Gasteiger partial charge in [0.2, 0.25) is 0 Å². The van der Waals surface area contributed by atoms with E-state index in [1.165, 1.54) is 6.26 Å². The topological polar surface area (TPSA) is 62.6 Å². The number of carbonyl (C=O) groups is 2. The van der Waals surface area contributed by atoms with Gasteiger partial charge in [-0.05, 0) is 43.2 Å². The molecule has 1 fully saturated rings. The van der Waals surface area contributed by atoms with E-state index < -0.39 is 0 Å². The first kappa shape index (κ1) is 16.9. The molecule has 2 amide bonds. The molecule has 24 heavy (non-hydrogen) atoms. The summed E-state index contributed by atoms with van der Waals surface area (Å²) in [6, 6.07) is 8.10. The lowest BCUT2D eigenvalue weighted by molar-refractivity contribution is 0.0667. The Morgan fingerprint density at radius 2 is 1.79 bits per heavy atom. The molecule has 0 aliphatic carbocycles. The van der Waals surface area contributed by atoms with Crippen molar-refractivity contribution in [2.75, 3.05) is 13.1 Å². The minimum Gasteiger partial charge on any atom is -0.459 e. The van der Waals surface area contributed by atoms with Crippen LogP contribution in [0.4, 0.5) is 0 Å². The summed E-state index contributed by atoms with van der Waals surface area (Å²) in [5.74, 6) is 0.00710. The number of benzene rings is 1. The third-order valence-electron chi connectivity index (χ3n) is 3.97. The second kappa shape index (κ2) is 7.28. The number of nitrogens with one attached hydrogen (secondary N) is 1. The average molecular weight is 367 g/mol. The summed E-state index contributed by atoms with van der Waals surface area (Å²) in [5.41, 5.74) is 0.432. The average Bonchev–Trinajstić information content (AvgIpc) is 3.08. The Bertz CT molecular complexity index is 718. The molecule has 0 unspecified atom stereocenters. The van der Waals surface area contributed by atoms with Gasteiger partial charge in [0.15, 0.2) is 5.76 Å². The maximum atomic E-state index is 12.3. The Morgan fingerprint density at radius 1 is 1.12 bits per heavy atom. The molecule has 3 rings (SSSR count). The van der Waals surface area contributed by atoms with Crippen molar-refractivity contribution < 1.29 is 14.0 Å². The Hall–Kier alpha value is -1.98. The van der Waals surface area contributed by atoms with Crippen LogP contribution in [0.15, 0.2) is 41.0 Å². The molecule has 7 heteroatoms. The third-order valence-corrected chi connectivity index (χ3v) is 4.41. The number of nitrogens with zero attached hydrogens (tertiary/aromatic N) is 1. The van der Waals surface area contributed by atoms with Crippen LogP contribution in [-0.2, 0) is 0 Å². The fourth-order valence-corrected chi connectivity index (χ4v) is 3.26. The number of piperidine rings is 1. The van der Waals surface area contributed by atoms with E-state index in [1.54, 1.807) is 35.2 Å². The summed E-state index contributed by atoms with van der Waals surface area (Å²) < 4.78 is 5.13. The highest BCUT2D eigenvalue weighted by molar-refractivity contribution is 6.35. The second-order valence-electron chi connectivity index (χ2n) is 5.68. The predicted octanol–water partition coefficient (Wildman–Crippen LogP) is 3.62. The fraction of sp³-hybridized carbons (Fsp3) is 0.294. The molecular weight excluding hydrogens is 351 g/mol. The van der Waals surface area contributed by atoms with Crippen molar-refractivity contribution in [2.24, 2.45) is 0 Å². The molecule has 0 atom stereocenters. The van der Waals surface area contributed by atoms with E-state index >= 15 is 0 Å². The van der Waals surface area contributed by atoms with Crippen molar-refractivity contribution in [3.63, 3.8) is 0 Å². The molecule has 1 N–H and O–H groups in total. The second-order valence-corrected chi connectivity index (χ2v) is 6.55. The molecule has 0 spiro atoms. The van der Waals surface area contributed by atoms with Gasteiger partial charge in [-0.2, -0.15) is 0 Å².